The number of hydrogen-bond donors (Lipinski definition) is 1. The zero-order valence-electron chi connectivity index (χ0n) is 9.92. The zero-order valence-corrected chi connectivity index (χ0v) is 9.92. The molecule has 0 aromatic carbocycles. The maximum atomic E-state index is 12.2. The third kappa shape index (κ3) is 0.831. The molecule has 3 saturated carbocycles. The molecule has 2 heteroatoms. The van der Waals surface area contributed by atoms with Crippen molar-refractivity contribution in [2.24, 2.45) is 16.7 Å². The van der Waals surface area contributed by atoms with Gasteiger partial charge in [-0.1, -0.05) is 18.2 Å². The minimum Gasteiger partial charge on any atom is -0.388 e. The molecule has 2 bridgehead atoms. The van der Waals surface area contributed by atoms with Crippen LogP contribution in [-0.4, -0.2) is 17.0 Å². The number of fused-ring (bicyclic) bond motifs is 2. The lowest BCUT2D eigenvalue weighted by atomic mass is 9.46. The molecule has 4 aliphatic rings. The number of hydrogen-bond acceptors (Lipinski definition) is 2. The highest BCUT2D eigenvalue weighted by Crippen LogP contribution is 2.65. The summed E-state index contributed by atoms with van der Waals surface area (Å²) in [6, 6.07) is 0. The molecule has 3 fully saturated rings. The Hall–Kier alpha value is -0.890. The van der Waals surface area contributed by atoms with Crippen LogP contribution in [0.3, 0.4) is 0 Å². The predicted molar refractivity (Wildman–Crippen MR) is 61.8 cm³/mol. The standard InChI is InChI=1S/C14H18O2/c1-8-4-5-10-6-13(3)9(2)12(16)14(8,10)7-11(13)15/h4,10,12,16H,2,5-7H2,1,3H3/t10-,12-,13+,14+/m1/s1. The Morgan fingerprint density at radius 2 is 2.25 bits per heavy atom. The highest BCUT2D eigenvalue weighted by molar-refractivity contribution is 5.92. The molecule has 0 heterocycles. The van der Waals surface area contributed by atoms with Crippen LogP contribution in [0, 0.1) is 16.7 Å². The first kappa shape index (κ1) is 10.3. The topological polar surface area (TPSA) is 37.3 Å². The number of aliphatic hydroxyl groups is 1. The average molecular weight is 218 g/mol. The number of allylic oxidation sites excluding steroid dienone is 1. The van der Waals surface area contributed by atoms with Gasteiger partial charge in [-0.05, 0) is 38.2 Å². The lowest BCUT2D eigenvalue weighted by molar-refractivity contribution is -0.148. The summed E-state index contributed by atoms with van der Waals surface area (Å²) in [6.07, 6.45) is 4.07. The largest absolute Gasteiger partial charge is 0.388 e. The van der Waals surface area contributed by atoms with Crippen molar-refractivity contribution in [3.05, 3.63) is 23.8 Å². The molecular weight excluding hydrogens is 200 g/mol. The number of rotatable bonds is 0. The lowest BCUT2D eigenvalue weighted by Gasteiger charge is -2.58. The average Bonchev–Trinajstić information content (AvgIpc) is 2.54. The molecule has 0 aromatic heterocycles. The molecule has 1 N–H and O–H groups in total. The van der Waals surface area contributed by atoms with E-state index in [0.717, 1.165) is 18.4 Å². The quantitative estimate of drug-likeness (QED) is 0.633. The molecule has 4 rings (SSSR count). The van der Waals surface area contributed by atoms with Crippen LogP contribution in [0.4, 0.5) is 0 Å². The summed E-state index contributed by atoms with van der Waals surface area (Å²) in [5.74, 6) is 0.712. The van der Waals surface area contributed by atoms with Gasteiger partial charge in [0.2, 0.25) is 0 Å². The molecular formula is C14H18O2. The van der Waals surface area contributed by atoms with Gasteiger partial charge in [-0.2, -0.15) is 0 Å². The van der Waals surface area contributed by atoms with Crippen LogP contribution in [0.1, 0.15) is 33.1 Å². The van der Waals surface area contributed by atoms with Gasteiger partial charge in [-0.3, -0.25) is 4.79 Å². The van der Waals surface area contributed by atoms with Crippen LogP contribution in [0.15, 0.2) is 23.8 Å². The summed E-state index contributed by atoms with van der Waals surface area (Å²) in [5, 5.41) is 10.5. The number of carbonyl (C=O) groups excluding carboxylic acids is 1. The van der Waals surface area contributed by atoms with E-state index in [4.69, 9.17) is 0 Å². The Balaban J connectivity index is 2.19. The minimum absolute atomic E-state index is 0.272. The molecule has 0 aliphatic heterocycles. The van der Waals surface area contributed by atoms with Gasteiger partial charge in [0.15, 0.2) is 0 Å². The maximum Gasteiger partial charge on any atom is 0.143 e. The molecule has 0 amide bonds. The molecule has 16 heavy (non-hydrogen) atoms. The highest BCUT2D eigenvalue weighted by Gasteiger charge is 2.65. The van der Waals surface area contributed by atoms with E-state index in [2.05, 4.69) is 19.6 Å². The molecule has 0 saturated heterocycles. The van der Waals surface area contributed by atoms with Crippen LogP contribution in [0.2, 0.25) is 0 Å². The fourth-order valence-electron chi connectivity index (χ4n) is 4.12. The second-order valence-electron chi connectivity index (χ2n) is 5.92. The van der Waals surface area contributed by atoms with E-state index in [1.165, 1.54) is 5.57 Å². The van der Waals surface area contributed by atoms with Gasteiger partial charge in [0, 0.05) is 17.3 Å². The molecule has 86 valence electrons. The monoisotopic (exact) mass is 218 g/mol. The second kappa shape index (κ2) is 2.67. The van der Waals surface area contributed by atoms with E-state index < -0.39 is 11.5 Å². The number of aliphatic hydroxyl groups excluding tert-OH is 1. The van der Waals surface area contributed by atoms with E-state index >= 15 is 0 Å². The fraction of sp³-hybridized carbons (Fsp3) is 0.643. The first-order valence-electron chi connectivity index (χ1n) is 6.01. The van der Waals surface area contributed by atoms with Gasteiger partial charge in [-0.25, -0.2) is 0 Å². The lowest BCUT2D eigenvalue weighted by Crippen LogP contribution is -2.60. The Morgan fingerprint density at radius 3 is 2.94 bits per heavy atom. The van der Waals surface area contributed by atoms with Crippen molar-refractivity contribution < 1.29 is 9.90 Å². The van der Waals surface area contributed by atoms with Crippen molar-refractivity contribution in [1.29, 1.82) is 0 Å². The van der Waals surface area contributed by atoms with E-state index in [1.807, 2.05) is 6.92 Å². The number of carbonyl (C=O) groups is 1. The summed E-state index contributed by atoms with van der Waals surface area (Å²) in [5.41, 5.74) is 1.17. The van der Waals surface area contributed by atoms with Crippen molar-refractivity contribution in [3.63, 3.8) is 0 Å². The van der Waals surface area contributed by atoms with Crippen LogP contribution in [0.25, 0.3) is 0 Å². The minimum atomic E-state index is -0.521. The molecule has 0 radical (unpaired) electrons. The van der Waals surface area contributed by atoms with Crippen LogP contribution in [0.5, 0.6) is 0 Å². The molecule has 0 unspecified atom stereocenters. The van der Waals surface area contributed by atoms with E-state index in [9.17, 15) is 9.90 Å². The smallest absolute Gasteiger partial charge is 0.143 e. The highest BCUT2D eigenvalue weighted by atomic mass is 16.3. The Bertz CT molecular complexity index is 434. The first-order chi connectivity index (χ1) is 7.43. The summed E-state index contributed by atoms with van der Waals surface area (Å²) in [7, 11) is 0. The third-order valence-electron chi connectivity index (χ3n) is 5.42. The summed E-state index contributed by atoms with van der Waals surface area (Å²) in [6.45, 7) is 8.00. The zero-order chi connectivity index (χ0) is 11.7. The third-order valence-corrected chi connectivity index (χ3v) is 5.42. The Morgan fingerprint density at radius 1 is 1.56 bits per heavy atom. The maximum absolute atomic E-state index is 12.2. The fourth-order valence-corrected chi connectivity index (χ4v) is 4.12. The van der Waals surface area contributed by atoms with E-state index in [1.54, 1.807) is 0 Å². The number of ketones is 1. The molecule has 2 nitrogen and oxygen atoms in total. The van der Waals surface area contributed by atoms with E-state index in [-0.39, 0.29) is 11.2 Å². The van der Waals surface area contributed by atoms with E-state index in [0.29, 0.717) is 12.3 Å². The first-order valence-corrected chi connectivity index (χ1v) is 6.01. The summed E-state index contributed by atoms with van der Waals surface area (Å²) >= 11 is 0. The summed E-state index contributed by atoms with van der Waals surface area (Å²) < 4.78 is 0. The Kier molecular flexibility index (Phi) is 1.72. The van der Waals surface area contributed by atoms with Gasteiger partial charge >= 0.3 is 0 Å². The normalized spacial score (nSPS) is 50.6. The predicted octanol–water partition coefficient (Wildman–Crippen LogP) is 2.24. The van der Waals surface area contributed by atoms with Gasteiger partial charge in [0.1, 0.15) is 5.78 Å². The Labute approximate surface area is 96.0 Å². The molecule has 1 spiro atoms. The van der Waals surface area contributed by atoms with Crippen molar-refractivity contribution in [1.82, 2.24) is 0 Å². The van der Waals surface area contributed by atoms with Crippen LogP contribution < -0.4 is 0 Å². The number of Topliss-reactive ketones (excluding diaryl/α,β-unsaturated/α-hetero) is 1. The van der Waals surface area contributed by atoms with Gasteiger partial charge < -0.3 is 5.11 Å². The summed E-state index contributed by atoms with van der Waals surface area (Å²) in [4.78, 5) is 12.2. The van der Waals surface area contributed by atoms with Crippen LogP contribution >= 0.6 is 0 Å². The van der Waals surface area contributed by atoms with Gasteiger partial charge in [-0.15, -0.1) is 0 Å². The second-order valence-corrected chi connectivity index (χ2v) is 5.92. The molecule has 4 atom stereocenters. The van der Waals surface area contributed by atoms with Gasteiger partial charge in [0.05, 0.1) is 6.10 Å². The molecule has 0 aromatic rings. The molecule has 4 aliphatic carbocycles. The van der Waals surface area contributed by atoms with Crippen molar-refractivity contribution in [2.45, 2.75) is 39.2 Å². The van der Waals surface area contributed by atoms with Crippen molar-refractivity contribution >= 4 is 5.78 Å². The van der Waals surface area contributed by atoms with Crippen molar-refractivity contribution in [2.75, 3.05) is 0 Å². The van der Waals surface area contributed by atoms with Gasteiger partial charge in [0.25, 0.3) is 0 Å². The SMILES string of the molecule is C=C1[C@@H](O)[C@]23CC(=O)[C@@]1(C)C[C@H]2CC=C3C. The van der Waals surface area contributed by atoms with Crippen molar-refractivity contribution in [3.8, 4) is 0 Å². The van der Waals surface area contributed by atoms with Crippen LogP contribution in [-0.2, 0) is 4.79 Å².